The van der Waals surface area contributed by atoms with Crippen LogP contribution in [0.25, 0.3) is 0 Å². The largest absolute Gasteiger partial charge is 0.379 e. The average molecular weight is 260 g/mol. The number of rotatable bonds is 6. The SMILES string of the molecule is COCC(=O)Nc1ccc(NCc2ccn[nH]2)cc1. The first-order valence-corrected chi connectivity index (χ1v) is 5.89. The minimum absolute atomic E-state index is 0.0554. The highest BCUT2D eigenvalue weighted by molar-refractivity contribution is 5.91. The van der Waals surface area contributed by atoms with Gasteiger partial charge in [0.2, 0.25) is 5.91 Å². The molecule has 1 amide bonds. The van der Waals surface area contributed by atoms with E-state index in [-0.39, 0.29) is 12.5 Å². The summed E-state index contributed by atoms with van der Waals surface area (Å²) in [7, 11) is 1.49. The predicted octanol–water partition coefficient (Wildman–Crippen LogP) is 1.61. The number of carbonyl (C=O) groups excluding carboxylic acids is 1. The zero-order valence-corrected chi connectivity index (χ0v) is 10.6. The molecule has 0 atom stereocenters. The van der Waals surface area contributed by atoms with Gasteiger partial charge < -0.3 is 15.4 Å². The van der Waals surface area contributed by atoms with E-state index in [1.165, 1.54) is 7.11 Å². The highest BCUT2D eigenvalue weighted by Crippen LogP contribution is 2.14. The van der Waals surface area contributed by atoms with Gasteiger partial charge in [-0.3, -0.25) is 9.89 Å². The summed E-state index contributed by atoms with van der Waals surface area (Å²) in [6, 6.07) is 9.38. The first-order valence-electron chi connectivity index (χ1n) is 5.89. The zero-order valence-electron chi connectivity index (χ0n) is 10.6. The first kappa shape index (κ1) is 13.1. The lowest BCUT2D eigenvalue weighted by molar-refractivity contribution is -0.119. The first-order chi connectivity index (χ1) is 9.28. The smallest absolute Gasteiger partial charge is 0.250 e. The molecular weight excluding hydrogens is 244 g/mol. The molecule has 0 bridgehead atoms. The second kappa shape index (κ2) is 6.55. The summed E-state index contributed by atoms with van der Waals surface area (Å²) in [5.41, 5.74) is 2.73. The van der Waals surface area contributed by atoms with E-state index < -0.39 is 0 Å². The molecule has 2 aromatic rings. The summed E-state index contributed by atoms with van der Waals surface area (Å²) < 4.78 is 4.75. The van der Waals surface area contributed by atoms with Crippen LogP contribution >= 0.6 is 0 Å². The van der Waals surface area contributed by atoms with Crippen LogP contribution < -0.4 is 10.6 Å². The Bertz CT molecular complexity index is 508. The topological polar surface area (TPSA) is 79.0 Å². The van der Waals surface area contributed by atoms with Crippen molar-refractivity contribution >= 4 is 17.3 Å². The van der Waals surface area contributed by atoms with E-state index in [0.717, 1.165) is 17.1 Å². The van der Waals surface area contributed by atoms with Crippen LogP contribution in [0.1, 0.15) is 5.69 Å². The normalized spacial score (nSPS) is 10.2. The molecule has 2 rings (SSSR count). The van der Waals surface area contributed by atoms with E-state index in [1.54, 1.807) is 6.20 Å². The number of hydrogen-bond acceptors (Lipinski definition) is 4. The van der Waals surface area contributed by atoms with Crippen LogP contribution in [0.4, 0.5) is 11.4 Å². The van der Waals surface area contributed by atoms with Crippen molar-refractivity contribution in [2.24, 2.45) is 0 Å². The van der Waals surface area contributed by atoms with Gasteiger partial charge in [0.25, 0.3) is 0 Å². The maximum Gasteiger partial charge on any atom is 0.250 e. The summed E-state index contributed by atoms with van der Waals surface area (Å²) in [5.74, 6) is -0.166. The number of ether oxygens (including phenoxy) is 1. The van der Waals surface area contributed by atoms with Crippen molar-refractivity contribution in [3.63, 3.8) is 0 Å². The van der Waals surface area contributed by atoms with Crippen LogP contribution in [0.2, 0.25) is 0 Å². The van der Waals surface area contributed by atoms with Gasteiger partial charge in [-0.05, 0) is 30.3 Å². The quantitative estimate of drug-likeness (QED) is 0.737. The summed E-state index contributed by atoms with van der Waals surface area (Å²) in [5, 5.41) is 12.7. The van der Waals surface area contributed by atoms with Gasteiger partial charge >= 0.3 is 0 Å². The van der Waals surface area contributed by atoms with Gasteiger partial charge in [-0.1, -0.05) is 0 Å². The Morgan fingerprint density at radius 3 is 2.63 bits per heavy atom. The van der Waals surface area contributed by atoms with Crippen molar-refractivity contribution in [1.29, 1.82) is 0 Å². The number of aromatic amines is 1. The van der Waals surface area contributed by atoms with Crippen LogP contribution in [-0.4, -0.2) is 29.8 Å². The number of methoxy groups -OCH3 is 1. The van der Waals surface area contributed by atoms with E-state index in [4.69, 9.17) is 4.74 Å². The second-order valence-electron chi connectivity index (χ2n) is 3.99. The van der Waals surface area contributed by atoms with Gasteiger partial charge in [-0.25, -0.2) is 0 Å². The van der Waals surface area contributed by atoms with Crippen molar-refractivity contribution in [3.05, 3.63) is 42.2 Å². The van der Waals surface area contributed by atoms with E-state index in [2.05, 4.69) is 20.8 Å². The molecule has 0 aliphatic heterocycles. The van der Waals surface area contributed by atoms with Crippen LogP contribution in [0, 0.1) is 0 Å². The third kappa shape index (κ3) is 4.11. The molecule has 0 spiro atoms. The number of aromatic nitrogens is 2. The fourth-order valence-corrected chi connectivity index (χ4v) is 1.58. The molecule has 0 fully saturated rings. The van der Waals surface area contributed by atoms with Crippen LogP contribution in [-0.2, 0) is 16.1 Å². The van der Waals surface area contributed by atoms with Crippen LogP contribution in [0.15, 0.2) is 36.5 Å². The van der Waals surface area contributed by atoms with Gasteiger partial charge in [-0.15, -0.1) is 0 Å². The van der Waals surface area contributed by atoms with Crippen molar-refractivity contribution in [1.82, 2.24) is 10.2 Å². The van der Waals surface area contributed by atoms with Gasteiger partial charge in [0.05, 0.1) is 12.2 Å². The molecule has 100 valence electrons. The average Bonchev–Trinajstić information content (AvgIpc) is 2.91. The standard InChI is InChI=1S/C13H16N4O2/c1-19-9-13(18)16-11-4-2-10(3-5-11)14-8-12-6-7-15-17-12/h2-7,14H,8-9H2,1H3,(H,15,17)(H,16,18). The van der Waals surface area contributed by atoms with Gasteiger partial charge in [-0.2, -0.15) is 5.10 Å². The molecule has 19 heavy (non-hydrogen) atoms. The number of nitrogens with one attached hydrogen (secondary N) is 3. The maximum atomic E-state index is 11.3. The third-order valence-corrected chi connectivity index (χ3v) is 2.49. The Kier molecular flexibility index (Phi) is 4.52. The summed E-state index contributed by atoms with van der Waals surface area (Å²) in [4.78, 5) is 11.3. The number of hydrogen-bond donors (Lipinski definition) is 3. The Hall–Kier alpha value is -2.34. The fourth-order valence-electron chi connectivity index (χ4n) is 1.58. The molecule has 0 unspecified atom stereocenters. The molecule has 6 heteroatoms. The number of carbonyl (C=O) groups is 1. The summed E-state index contributed by atoms with van der Waals surface area (Å²) >= 11 is 0. The summed E-state index contributed by atoms with van der Waals surface area (Å²) in [6.45, 7) is 0.731. The van der Waals surface area contributed by atoms with Crippen molar-refractivity contribution in [2.45, 2.75) is 6.54 Å². The Balaban J connectivity index is 1.85. The third-order valence-electron chi connectivity index (χ3n) is 2.49. The molecule has 0 saturated carbocycles. The number of H-pyrrole nitrogens is 1. The van der Waals surface area contributed by atoms with E-state index >= 15 is 0 Å². The molecule has 3 N–H and O–H groups in total. The lowest BCUT2D eigenvalue weighted by atomic mass is 10.2. The van der Waals surface area contributed by atoms with E-state index in [1.807, 2.05) is 30.3 Å². The predicted molar refractivity (Wildman–Crippen MR) is 72.9 cm³/mol. The zero-order chi connectivity index (χ0) is 13.5. The monoisotopic (exact) mass is 260 g/mol. The maximum absolute atomic E-state index is 11.3. The van der Waals surface area contributed by atoms with Crippen molar-refractivity contribution in [3.8, 4) is 0 Å². The number of anilines is 2. The fraction of sp³-hybridized carbons (Fsp3) is 0.231. The summed E-state index contributed by atoms with van der Waals surface area (Å²) in [6.07, 6.45) is 1.71. The molecule has 1 aromatic carbocycles. The molecule has 0 aliphatic rings. The Morgan fingerprint density at radius 1 is 1.26 bits per heavy atom. The molecular formula is C13H16N4O2. The van der Waals surface area contributed by atoms with E-state index in [0.29, 0.717) is 6.54 Å². The molecule has 0 radical (unpaired) electrons. The Labute approximate surface area is 111 Å². The van der Waals surface area contributed by atoms with Crippen molar-refractivity contribution < 1.29 is 9.53 Å². The minimum Gasteiger partial charge on any atom is -0.379 e. The van der Waals surface area contributed by atoms with Crippen LogP contribution in [0.3, 0.4) is 0 Å². The number of nitrogens with zero attached hydrogens (tertiary/aromatic N) is 1. The van der Waals surface area contributed by atoms with E-state index in [9.17, 15) is 4.79 Å². The van der Waals surface area contributed by atoms with Crippen LogP contribution in [0.5, 0.6) is 0 Å². The lowest BCUT2D eigenvalue weighted by Gasteiger charge is -2.07. The van der Waals surface area contributed by atoms with Gasteiger partial charge in [0.1, 0.15) is 6.61 Å². The Morgan fingerprint density at radius 2 is 2.00 bits per heavy atom. The highest BCUT2D eigenvalue weighted by atomic mass is 16.5. The lowest BCUT2D eigenvalue weighted by Crippen LogP contribution is -2.16. The second-order valence-corrected chi connectivity index (χ2v) is 3.99. The molecule has 6 nitrogen and oxygen atoms in total. The van der Waals surface area contributed by atoms with Gasteiger partial charge in [0, 0.05) is 24.7 Å². The molecule has 0 aliphatic carbocycles. The molecule has 0 saturated heterocycles. The molecule has 1 heterocycles. The van der Waals surface area contributed by atoms with Crippen molar-refractivity contribution in [2.75, 3.05) is 24.4 Å². The number of benzene rings is 1. The minimum atomic E-state index is -0.166. The molecule has 1 aromatic heterocycles. The number of amides is 1. The highest BCUT2D eigenvalue weighted by Gasteiger charge is 2.01. The van der Waals surface area contributed by atoms with Gasteiger partial charge in [0.15, 0.2) is 0 Å².